The zero-order valence-corrected chi connectivity index (χ0v) is 17.7. The Hall–Kier alpha value is -3.42. The van der Waals surface area contributed by atoms with Crippen LogP contribution in [0.15, 0.2) is 94.2 Å². The molecule has 0 aliphatic rings. The van der Waals surface area contributed by atoms with E-state index in [1.165, 1.54) is 12.1 Å². The van der Waals surface area contributed by atoms with Gasteiger partial charge in [0.05, 0.1) is 10.9 Å². The Kier molecular flexibility index (Phi) is 5.88. The van der Waals surface area contributed by atoms with Gasteiger partial charge in [-0.15, -0.1) is 0 Å². The van der Waals surface area contributed by atoms with Gasteiger partial charge in [-0.3, -0.25) is 4.79 Å². The SMILES string of the molecule is C[C@@H](NC(=O)c1cccc(S(=O)(=O)NCc2ccccc2)c1)c1cc2ccccc2o1. The van der Waals surface area contributed by atoms with Crippen molar-refractivity contribution in [3.05, 3.63) is 102 Å². The molecule has 1 amide bonds. The van der Waals surface area contributed by atoms with Gasteiger partial charge in [0.15, 0.2) is 0 Å². The third kappa shape index (κ3) is 4.84. The number of benzene rings is 3. The van der Waals surface area contributed by atoms with E-state index < -0.39 is 10.0 Å². The van der Waals surface area contributed by atoms with E-state index in [1.807, 2.05) is 67.6 Å². The summed E-state index contributed by atoms with van der Waals surface area (Å²) in [5.74, 6) is 0.246. The number of amides is 1. The molecule has 1 atom stereocenters. The Morgan fingerprint density at radius 2 is 1.68 bits per heavy atom. The highest BCUT2D eigenvalue weighted by Gasteiger charge is 2.19. The molecule has 3 aromatic carbocycles. The van der Waals surface area contributed by atoms with E-state index >= 15 is 0 Å². The van der Waals surface area contributed by atoms with Crippen LogP contribution in [-0.4, -0.2) is 14.3 Å². The van der Waals surface area contributed by atoms with Crippen molar-refractivity contribution in [2.24, 2.45) is 0 Å². The highest BCUT2D eigenvalue weighted by Crippen LogP contribution is 2.24. The van der Waals surface area contributed by atoms with Gasteiger partial charge in [0.2, 0.25) is 10.0 Å². The van der Waals surface area contributed by atoms with Crippen LogP contribution in [0.1, 0.15) is 34.6 Å². The minimum Gasteiger partial charge on any atom is -0.459 e. The fourth-order valence-corrected chi connectivity index (χ4v) is 4.29. The van der Waals surface area contributed by atoms with Crippen LogP contribution in [0.5, 0.6) is 0 Å². The smallest absolute Gasteiger partial charge is 0.251 e. The van der Waals surface area contributed by atoms with Gasteiger partial charge in [-0.2, -0.15) is 0 Å². The van der Waals surface area contributed by atoms with Crippen LogP contribution >= 0.6 is 0 Å². The minimum absolute atomic E-state index is 0.0347. The summed E-state index contributed by atoms with van der Waals surface area (Å²) in [6, 6.07) is 24.3. The van der Waals surface area contributed by atoms with Crippen LogP contribution in [-0.2, 0) is 16.6 Å². The lowest BCUT2D eigenvalue weighted by molar-refractivity contribution is 0.0935. The molecule has 1 aromatic heterocycles. The summed E-state index contributed by atoms with van der Waals surface area (Å²) in [6.07, 6.45) is 0. The molecule has 158 valence electrons. The van der Waals surface area contributed by atoms with Crippen molar-refractivity contribution in [3.63, 3.8) is 0 Å². The molecule has 0 radical (unpaired) electrons. The molecule has 0 saturated carbocycles. The topological polar surface area (TPSA) is 88.4 Å². The molecule has 6 nitrogen and oxygen atoms in total. The maximum atomic E-state index is 12.7. The van der Waals surface area contributed by atoms with E-state index in [0.717, 1.165) is 16.5 Å². The van der Waals surface area contributed by atoms with Crippen molar-refractivity contribution in [1.82, 2.24) is 10.0 Å². The monoisotopic (exact) mass is 434 g/mol. The Morgan fingerprint density at radius 1 is 0.935 bits per heavy atom. The van der Waals surface area contributed by atoms with E-state index in [2.05, 4.69) is 10.0 Å². The van der Waals surface area contributed by atoms with Gasteiger partial charge in [0.25, 0.3) is 5.91 Å². The molecule has 0 saturated heterocycles. The van der Waals surface area contributed by atoms with Crippen LogP contribution in [0.3, 0.4) is 0 Å². The molecular formula is C24H22N2O4S. The fourth-order valence-electron chi connectivity index (χ4n) is 3.23. The Morgan fingerprint density at radius 3 is 2.45 bits per heavy atom. The molecule has 4 rings (SSSR count). The standard InChI is InChI=1S/C24H22N2O4S/c1-17(23-15-19-10-5-6-13-22(19)30-23)26-24(27)20-11-7-12-21(14-20)31(28,29)25-16-18-8-3-2-4-9-18/h2-15,17,25H,16H2,1H3,(H,26,27)/t17-/m1/s1. The molecule has 1 heterocycles. The number of carbonyl (C=O) groups is 1. The zero-order chi connectivity index (χ0) is 21.8. The molecule has 31 heavy (non-hydrogen) atoms. The number of furan rings is 1. The van der Waals surface area contributed by atoms with Crippen molar-refractivity contribution in [1.29, 1.82) is 0 Å². The van der Waals surface area contributed by atoms with E-state index in [0.29, 0.717) is 5.76 Å². The molecule has 0 bridgehead atoms. The lowest BCUT2D eigenvalue weighted by Gasteiger charge is -2.12. The molecule has 7 heteroatoms. The Bertz CT molecular complexity index is 1280. The van der Waals surface area contributed by atoms with Crippen molar-refractivity contribution in [3.8, 4) is 0 Å². The van der Waals surface area contributed by atoms with Crippen LogP contribution in [0.4, 0.5) is 0 Å². The summed E-state index contributed by atoms with van der Waals surface area (Å²) in [4.78, 5) is 12.8. The second-order valence-electron chi connectivity index (χ2n) is 7.22. The minimum atomic E-state index is -3.76. The van der Waals surface area contributed by atoms with Crippen LogP contribution in [0.25, 0.3) is 11.0 Å². The molecule has 2 N–H and O–H groups in total. The summed E-state index contributed by atoms with van der Waals surface area (Å²) in [5.41, 5.74) is 1.85. The first kappa shape index (κ1) is 20.8. The van der Waals surface area contributed by atoms with Crippen molar-refractivity contribution in [2.45, 2.75) is 24.4 Å². The fraction of sp³-hybridized carbons (Fsp3) is 0.125. The summed E-state index contributed by atoms with van der Waals surface area (Å²) in [7, 11) is -3.76. The summed E-state index contributed by atoms with van der Waals surface area (Å²) >= 11 is 0. The first-order chi connectivity index (χ1) is 14.9. The van der Waals surface area contributed by atoms with Crippen LogP contribution in [0.2, 0.25) is 0 Å². The zero-order valence-electron chi connectivity index (χ0n) is 16.9. The number of hydrogen-bond acceptors (Lipinski definition) is 4. The van der Waals surface area contributed by atoms with Crippen molar-refractivity contribution < 1.29 is 17.6 Å². The maximum absolute atomic E-state index is 12.7. The second-order valence-corrected chi connectivity index (χ2v) is 8.99. The predicted octanol–water partition coefficient (Wildman–Crippen LogP) is 4.40. The molecule has 0 fully saturated rings. The van der Waals surface area contributed by atoms with E-state index in [-0.39, 0.29) is 29.0 Å². The molecule has 0 aliphatic carbocycles. The number of para-hydroxylation sites is 1. The highest BCUT2D eigenvalue weighted by molar-refractivity contribution is 7.89. The maximum Gasteiger partial charge on any atom is 0.251 e. The number of sulfonamides is 1. The van der Waals surface area contributed by atoms with Gasteiger partial charge in [-0.05, 0) is 42.8 Å². The van der Waals surface area contributed by atoms with Crippen molar-refractivity contribution >= 4 is 26.9 Å². The van der Waals surface area contributed by atoms with Gasteiger partial charge >= 0.3 is 0 Å². The van der Waals surface area contributed by atoms with Gasteiger partial charge in [-0.25, -0.2) is 13.1 Å². The first-order valence-corrected chi connectivity index (χ1v) is 11.3. The molecular weight excluding hydrogens is 412 g/mol. The number of rotatable bonds is 7. The predicted molar refractivity (Wildman–Crippen MR) is 119 cm³/mol. The van der Waals surface area contributed by atoms with Crippen LogP contribution < -0.4 is 10.0 Å². The quantitative estimate of drug-likeness (QED) is 0.451. The summed E-state index contributed by atoms with van der Waals surface area (Å²) < 4.78 is 33.7. The van der Waals surface area contributed by atoms with Gasteiger partial charge < -0.3 is 9.73 Å². The molecule has 0 aliphatic heterocycles. The van der Waals surface area contributed by atoms with E-state index in [9.17, 15) is 13.2 Å². The van der Waals surface area contributed by atoms with Gasteiger partial charge in [0.1, 0.15) is 11.3 Å². The average Bonchev–Trinajstić information content (AvgIpc) is 3.23. The largest absolute Gasteiger partial charge is 0.459 e. The molecule has 0 unspecified atom stereocenters. The number of nitrogens with one attached hydrogen (secondary N) is 2. The third-order valence-corrected chi connectivity index (χ3v) is 6.33. The molecule has 4 aromatic rings. The van der Waals surface area contributed by atoms with Gasteiger partial charge in [0, 0.05) is 17.5 Å². The van der Waals surface area contributed by atoms with E-state index in [1.54, 1.807) is 12.1 Å². The Balaban J connectivity index is 1.47. The lowest BCUT2D eigenvalue weighted by Crippen LogP contribution is -2.27. The Labute approximate surface area is 181 Å². The normalized spacial score (nSPS) is 12.5. The second kappa shape index (κ2) is 8.75. The number of carbonyl (C=O) groups excluding carboxylic acids is 1. The van der Waals surface area contributed by atoms with E-state index in [4.69, 9.17) is 4.42 Å². The lowest BCUT2D eigenvalue weighted by atomic mass is 10.1. The average molecular weight is 435 g/mol. The first-order valence-electron chi connectivity index (χ1n) is 9.85. The van der Waals surface area contributed by atoms with Crippen LogP contribution in [0, 0.1) is 0 Å². The van der Waals surface area contributed by atoms with Crippen molar-refractivity contribution in [2.75, 3.05) is 0 Å². The summed E-state index contributed by atoms with van der Waals surface area (Å²) in [5, 5.41) is 3.82. The summed E-state index contributed by atoms with van der Waals surface area (Å²) in [6.45, 7) is 1.99. The highest BCUT2D eigenvalue weighted by atomic mass is 32.2. The number of fused-ring (bicyclic) bond motifs is 1. The molecule has 0 spiro atoms. The number of hydrogen-bond donors (Lipinski definition) is 2. The van der Waals surface area contributed by atoms with Gasteiger partial charge in [-0.1, -0.05) is 54.6 Å². The third-order valence-electron chi connectivity index (χ3n) is 4.93.